The van der Waals surface area contributed by atoms with Gasteiger partial charge < -0.3 is 20.3 Å². The monoisotopic (exact) mass is 956 g/mol. The lowest BCUT2D eigenvalue weighted by atomic mass is 10.0. The summed E-state index contributed by atoms with van der Waals surface area (Å²) in [5.41, 5.74) is 0. The highest BCUT2D eigenvalue weighted by molar-refractivity contribution is 5.76. The molecule has 0 aliphatic carbocycles. The Labute approximate surface area is 424 Å². The topological polar surface area (TPSA) is 95.9 Å². The Balaban J connectivity index is 3.32. The normalized spacial score (nSPS) is 12.8. The number of ether oxygens (including phenoxy) is 1. The second-order valence-electron chi connectivity index (χ2n) is 20.7. The van der Waals surface area contributed by atoms with Gasteiger partial charge in [-0.2, -0.15) is 0 Å². The number of hydrogen-bond donors (Lipinski definition) is 3. The van der Waals surface area contributed by atoms with Gasteiger partial charge in [0.15, 0.2) is 0 Å². The van der Waals surface area contributed by atoms with Gasteiger partial charge in [0.1, 0.15) is 0 Å². The predicted octanol–water partition coefficient (Wildman–Crippen LogP) is 18.8. The van der Waals surface area contributed by atoms with Gasteiger partial charge in [0.05, 0.1) is 25.4 Å². The van der Waals surface area contributed by atoms with Crippen molar-refractivity contribution in [1.29, 1.82) is 0 Å². The summed E-state index contributed by atoms with van der Waals surface area (Å²) in [6, 6.07) is -0.623. The van der Waals surface area contributed by atoms with Gasteiger partial charge in [-0.05, 0) is 57.8 Å². The van der Waals surface area contributed by atoms with Crippen molar-refractivity contribution in [2.24, 2.45) is 0 Å². The highest BCUT2D eigenvalue weighted by atomic mass is 16.5. The number of nitrogens with one attached hydrogen (secondary N) is 1. The number of rotatable bonds is 56. The molecule has 68 heavy (non-hydrogen) atoms. The lowest BCUT2D eigenvalue weighted by molar-refractivity contribution is -0.143. The number of allylic oxidation sites excluding steroid dienone is 5. The lowest BCUT2D eigenvalue weighted by Crippen LogP contribution is -2.45. The number of hydrogen-bond acceptors (Lipinski definition) is 5. The van der Waals surface area contributed by atoms with Gasteiger partial charge in [-0.1, -0.05) is 288 Å². The van der Waals surface area contributed by atoms with E-state index in [9.17, 15) is 19.8 Å². The molecule has 0 fully saturated rings. The van der Waals surface area contributed by atoms with Gasteiger partial charge in [0.2, 0.25) is 5.91 Å². The van der Waals surface area contributed by atoms with Crippen molar-refractivity contribution < 1.29 is 24.5 Å². The fourth-order valence-corrected chi connectivity index (χ4v) is 9.26. The molecule has 1 amide bonds. The van der Waals surface area contributed by atoms with E-state index in [1.165, 1.54) is 244 Å². The Hall–Kier alpha value is -1.92. The van der Waals surface area contributed by atoms with Crippen molar-refractivity contribution in [3.63, 3.8) is 0 Å². The third kappa shape index (κ3) is 53.4. The Morgan fingerprint density at radius 1 is 0.412 bits per heavy atom. The van der Waals surface area contributed by atoms with Crippen molar-refractivity contribution in [2.75, 3.05) is 13.2 Å². The van der Waals surface area contributed by atoms with Crippen molar-refractivity contribution in [3.05, 3.63) is 36.5 Å². The average Bonchev–Trinajstić information content (AvgIpc) is 3.34. The largest absolute Gasteiger partial charge is 0.466 e. The molecule has 0 aromatic rings. The van der Waals surface area contributed by atoms with E-state index in [0.717, 1.165) is 51.4 Å². The van der Waals surface area contributed by atoms with Gasteiger partial charge in [-0.25, -0.2) is 0 Å². The zero-order chi connectivity index (χ0) is 49.3. The molecular formula is C62H117NO5. The SMILES string of the molecule is CCC/C=C\C/C=C\CCCCCCCC(=O)OCCCCCCCCCCCCCCCCCCCCCCCCCCCCCCCC(=O)NC(CO)C(O)/C=C/CCCCCCCCC. The summed E-state index contributed by atoms with van der Waals surface area (Å²) in [5, 5.41) is 22.9. The minimum Gasteiger partial charge on any atom is -0.466 e. The van der Waals surface area contributed by atoms with Crippen LogP contribution in [0.1, 0.15) is 322 Å². The Morgan fingerprint density at radius 2 is 0.765 bits per heavy atom. The molecule has 0 saturated heterocycles. The molecule has 0 aliphatic rings. The van der Waals surface area contributed by atoms with Crippen LogP contribution in [0.15, 0.2) is 36.5 Å². The van der Waals surface area contributed by atoms with Crippen LogP contribution in [0.5, 0.6) is 0 Å². The van der Waals surface area contributed by atoms with Gasteiger partial charge in [-0.3, -0.25) is 9.59 Å². The molecule has 0 rings (SSSR count). The average molecular weight is 957 g/mol. The first kappa shape index (κ1) is 66.1. The molecule has 3 N–H and O–H groups in total. The van der Waals surface area contributed by atoms with E-state index >= 15 is 0 Å². The van der Waals surface area contributed by atoms with Crippen LogP contribution in [0, 0.1) is 0 Å². The van der Waals surface area contributed by atoms with Gasteiger partial charge in [0.25, 0.3) is 0 Å². The standard InChI is InChI=1S/C62H117NO5/c1-3-5-7-9-11-13-14-32-36-40-44-48-52-56-62(67)68-57-53-49-45-41-37-34-31-29-27-25-23-21-19-17-15-16-18-20-22-24-26-28-30-33-35-39-43-47-51-55-61(66)63-59(58-64)60(65)54-50-46-42-38-12-10-8-6-4-2/h7,9,13-14,50,54,59-60,64-65H,3-6,8,10-12,15-49,51-53,55-58H2,1-2H3,(H,63,66)/b9-7-,14-13-,54-50+. The number of aliphatic hydroxyl groups excluding tert-OH is 2. The molecule has 0 spiro atoms. The quantitative estimate of drug-likeness (QED) is 0.0321. The van der Waals surface area contributed by atoms with E-state index in [-0.39, 0.29) is 18.5 Å². The maximum Gasteiger partial charge on any atom is 0.305 e. The number of unbranched alkanes of at least 4 members (excludes halogenated alkanes) is 41. The molecule has 0 bridgehead atoms. The first-order valence-electron chi connectivity index (χ1n) is 30.3. The summed E-state index contributed by atoms with van der Waals surface area (Å²) < 4.78 is 5.47. The Bertz CT molecular complexity index is 1100. The van der Waals surface area contributed by atoms with Crippen LogP contribution >= 0.6 is 0 Å². The fourth-order valence-electron chi connectivity index (χ4n) is 9.26. The molecule has 2 unspecified atom stereocenters. The van der Waals surface area contributed by atoms with Crippen LogP contribution in [-0.2, 0) is 14.3 Å². The van der Waals surface area contributed by atoms with E-state index in [2.05, 4.69) is 43.5 Å². The van der Waals surface area contributed by atoms with Crippen LogP contribution in [0.4, 0.5) is 0 Å². The number of amides is 1. The van der Waals surface area contributed by atoms with E-state index in [1.54, 1.807) is 6.08 Å². The van der Waals surface area contributed by atoms with Gasteiger partial charge in [0, 0.05) is 12.8 Å². The molecule has 0 radical (unpaired) electrons. The molecule has 2 atom stereocenters. The molecule has 0 aromatic carbocycles. The van der Waals surface area contributed by atoms with Crippen LogP contribution in [0.2, 0.25) is 0 Å². The maximum atomic E-state index is 12.4. The van der Waals surface area contributed by atoms with Crippen molar-refractivity contribution in [1.82, 2.24) is 5.32 Å². The van der Waals surface area contributed by atoms with E-state index in [0.29, 0.717) is 19.4 Å². The summed E-state index contributed by atoms with van der Waals surface area (Å²) in [7, 11) is 0. The van der Waals surface area contributed by atoms with Crippen LogP contribution in [0.3, 0.4) is 0 Å². The highest BCUT2D eigenvalue weighted by Gasteiger charge is 2.18. The molecule has 6 heteroatoms. The second-order valence-corrected chi connectivity index (χ2v) is 20.7. The van der Waals surface area contributed by atoms with Gasteiger partial charge in [-0.15, -0.1) is 0 Å². The summed E-state index contributed by atoms with van der Waals surface area (Å²) in [4.78, 5) is 24.4. The van der Waals surface area contributed by atoms with Crippen molar-refractivity contribution in [3.8, 4) is 0 Å². The molecule has 0 heterocycles. The fraction of sp³-hybridized carbons (Fsp3) is 0.871. The summed E-state index contributed by atoms with van der Waals surface area (Å²) in [6.45, 7) is 4.82. The molecular weight excluding hydrogens is 839 g/mol. The smallest absolute Gasteiger partial charge is 0.305 e. The van der Waals surface area contributed by atoms with Crippen LogP contribution in [-0.4, -0.2) is 47.4 Å². The highest BCUT2D eigenvalue weighted by Crippen LogP contribution is 2.18. The van der Waals surface area contributed by atoms with Crippen molar-refractivity contribution >= 4 is 11.9 Å². The molecule has 0 aromatic heterocycles. The number of carbonyl (C=O) groups is 2. The third-order valence-corrected chi connectivity index (χ3v) is 13.9. The summed E-state index contributed by atoms with van der Waals surface area (Å²) in [5.74, 6) is -0.0634. The molecule has 0 saturated carbocycles. The number of esters is 1. The summed E-state index contributed by atoms with van der Waals surface area (Å²) >= 11 is 0. The Kier molecular flexibility index (Phi) is 56.0. The lowest BCUT2D eigenvalue weighted by Gasteiger charge is -2.20. The number of carbonyl (C=O) groups excluding carboxylic acids is 2. The molecule has 400 valence electrons. The second kappa shape index (κ2) is 57.7. The minimum absolute atomic E-state index is 0.00338. The summed E-state index contributed by atoms with van der Waals surface area (Å²) in [6.07, 6.45) is 72.1. The zero-order valence-electron chi connectivity index (χ0n) is 45.6. The maximum absolute atomic E-state index is 12.4. The third-order valence-electron chi connectivity index (χ3n) is 13.9. The first-order valence-corrected chi connectivity index (χ1v) is 30.3. The van der Waals surface area contributed by atoms with Crippen molar-refractivity contribution in [2.45, 2.75) is 334 Å². The van der Waals surface area contributed by atoms with E-state index in [4.69, 9.17) is 4.74 Å². The molecule has 0 aliphatic heterocycles. The van der Waals surface area contributed by atoms with Crippen LogP contribution in [0.25, 0.3) is 0 Å². The van der Waals surface area contributed by atoms with E-state index < -0.39 is 12.1 Å². The van der Waals surface area contributed by atoms with Gasteiger partial charge >= 0.3 is 5.97 Å². The number of aliphatic hydroxyl groups is 2. The first-order chi connectivity index (χ1) is 33.5. The predicted molar refractivity (Wildman–Crippen MR) is 296 cm³/mol. The molecule has 6 nitrogen and oxygen atoms in total. The minimum atomic E-state index is -0.839. The Morgan fingerprint density at radius 3 is 1.18 bits per heavy atom. The van der Waals surface area contributed by atoms with E-state index in [1.807, 2.05) is 6.08 Å². The van der Waals surface area contributed by atoms with Crippen LogP contribution < -0.4 is 5.32 Å². The zero-order valence-corrected chi connectivity index (χ0v) is 45.6.